The first kappa shape index (κ1) is 22.8. The summed E-state index contributed by atoms with van der Waals surface area (Å²) >= 11 is 0. The van der Waals surface area contributed by atoms with Gasteiger partial charge in [0.25, 0.3) is 0 Å². The van der Waals surface area contributed by atoms with Crippen LogP contribution in [0, 0.1) is 17.8 Å². The van der Waals surface area contributed by atoms with Crippen LogP contribution in [0.5, 0.6) is 0 Å². The number of sulfonamides is 1. The number of carbonyl (C=O) groups excluding carboxylic acids is 2. The molecule has 5 rings (SSSR count). The van der Waals surface area contributed by atoms with Gasteiger partial charge in [0.2, 0.25) is 21.8 Å². The van der Waals surface area contributed by atoms with Crippen LogP contribution in [0.4, 0.5) is 0 Å². The van der Waals surface area contributed by atoms with Gasteiger partial charge in [0.15, 0.2) is 0 Å². The first-order valence-electron chi connectivity index (χ1n) is 12.6. The minimum absolute atomic E-state index is 0.0784. The number of carbonyl (C=O) groups is 2. The number of hydrogen-bond donors (Lipinski definition) is 1. The third kappa shape index (κ3) is 4.97. The first-order valence-corrected chi connectivity index (χ1v) is 14.0. The number of amides is 2. The Kier molecular flexibility index (Phi) is 6.49. The maximum Gasteiger partial charge on any atom is 0.243 e. The number of nitrogens with zero attached hydrogens (tertiary/aromatic N) is 2. The van der Waals surface area contributed by atoms with Crippen LogP contribution in [0.3, 0.4) is 0 Å². The molecule has 4 aliphatic rings. The van der Waals surface area contributed by atoms with Crippen LogP contribution in [0.2, 0.25) is 0 Å². The topological polar surface area (TPSA) is 86.8 Å². The van der Waals surface area contributed by atoms with E-state index in [0.29, 0.717) is 49.8 Å². The van der Waals surface area contributed by atoms with Gasteiger partial charge in [-0.05, 0) is 87.0 Å². The van der Waals surface area contributed by atoms with Crippen LogP contribution in [0.25, 0.3) is 0 Å². The molecule has 1 atom stereocenters. The fourth-order valence-electron chi connectivity index (χ4n) is 5.56. The number of nitrogens with one attached hydrogen (secondary N) is 1. The van der Waals surface area contributed by atoms with Crippen molar-refractivity contribution in [3.05, 3.63) is 29.3 Å². The molecular formula is C25H35N3O4S. The highest BCUT2D eigenvalue weighted by Crippen LogP contribution is 2.30. The van der Waals surface area contributed by atoms with E-state index in [-0.39, 0.29) is 23.7 Å². The van der Waals surface area contributed by atoms with E-state index in [9.17, 15) is 18.0 Å². The van der Waals surface area contributed by atoms with Crippen LogP contribution in [-0.2, 0) is 32.5 Å². The maximum absolute atomic E-state index is 13.2. The summed E-state index contributed by atoms with van der Waals surface area (Å²) in [6.07, 6.45) is 8.23. The van der Waals surface area contributed by atoms with E-state index in [1.54, 1.807) is 6.07 Å². The van der Waals surface area contributed by atoms with Crippen molar-refractivity contribution in [2.75, 3.05) is 32.7 Å². The summed E-state index contributed by atoms with van der Waals surface area (Å²) in [7, 11) is -3.53. The lowest BCUT2D eigenvalue weighted by Gasteiger charge is -2.37. The number of hydrogen-bond acceptors (Lipinski definition) is 4. The Hall–Kier alpha value is -1.93. The van der Waals surface area contributed by atoms with Crippen molar-refractivity contribution in [1.29, 1.82) is 0 Å². The van der Waals surface area contributed by atoms with E-state index < -0.39 is 10.0 Å². The molecule has 2 aliphatic heterocycles. The lowest BCUT2D eigenvalue weighted by molar-refractivity contribution is -0.140. The molecule has 2 heterocycles. The predicted octanol–water partition coefficient (Wildman–Crippen LogP) is 2.34. The van der Waals surface area contributed by atoms with Gasteiger partial charge in [0.05, 0.1) is 10.8 Å². The zero-order chi connectivity index (χ0) is 23.0. The van der Waals surface area contributed by atoms with Crippen LogP contribution in [-0.4, -0.2) is 62.2 Å². The molecule has 2 aliphatic carbocycles. The highest BCUT2D eigenvalue weighted by molar-refractivity contribution is 7.89. The van der Waals surface area contributed by atoms with Crippen LogP contribution < -0.4 is 5.32 Å². The monoisotopic (exact) mass is 473 g/mol. The lowest BCUT2D eigenvalue weighted by atomic mass is 9.92. The van der Waals surface area contributed by atoms with Crippen molar-refractivity contribution >= 4 is 21.8 Å². The Labute approximate surface area is 196 Å². The molecule has 7 nitrogen and oxygen atoms in total. The summed E-state index contributed by atoms with van der Waals surface area (Å²) < 4.78 is 27.9. The smallest absolute Gasteiger partial charge is 0.243 e. The number of likely N-dealkylation sites (tertiary alicyclic amines) is 1. The summed E-state index contributed by atoms with van der Waals surface area (Å²) in [5.74, 6) is 0.527. The average molecular weight is 474 g/mol. The third-order valence-corrected chi connectivity index (χ3v) is 9.77. The zero-order valence-electron chi connectivity index (χ0n) is 19.3. The maximum atomic E-state index is 13.2. The van der Waals surface area contributed by atoms with Crippen molar-refractivity contribution in [1.82, 2.24) is 14.5 Å². The van der Waals surface area contributed by atoms with Crippen LogP contribution in [0.1, 0.15) is 56.1 Å². The number of aryl methyl sites for hydroxylation is 2. The van der Waals surface area contributed by atoms with E-state index in [2.05, 4.69) is 5.32 Å². The molecule has 2 saturated heterocycles. The fraction of sp³-hybridized carbons (Fsp3) is 0.680. The molecule has 1 aromatic carbocycles. The molecule has 0 unspecified atom stereocenters. The molecule has 33 heavy (non-hydrogen) atoms. The molecule has 2 amide bonds. The Morgan fingerprint density at radius 3 is 2.42 bits per heavy atom. The third-order valence-electron chi connectivity index (χ3n) is 7.88. The molecule has 1 saturated carbocycles. The highest BCUT2D eigenvalue weighted by Gasteiger charge is 2.36. The van der Waals surface area contributed by atoms with E-state index in [1.165, 1.54) is 22.7 Å². The first-order chi connectivity index (χ1) is 15.9. The second kappa shape index (κ2) is 9.37. The number of piperidine rings is 2. The number of fused-ring (bicyclic) bond motifs is 1. The van der Waals surface area contributed by atoms with Gasteiger partial charge in [-0.2, -0.15) is 4.31 Å². The largest absolute Gasteiger partial charge is 0.356 e. The zero-order valence-corrected chi connectivity index (χ0v) is 20.1. The quantitative estimate of drug-likeness (QED) is 0.687. The highest BCUT2D eigenvalue weighted by atomic mass is 32.2. The lowest BCUT2D eigenvalue weighted by Crippen LogP contribution is -2.49. The predicted molar refractivity (Wildman–Crippen MR) is 125 cm³/mol. The Balaban J connectivity index is 1.15. The number of rotatable bonds is 6. The molecule has 0 aromatic heterocycles. The van der Waals surface area contributed by atoms with Gasteiger partial charge in [-0.25, -0.2) is 8.42 Å². The number of benzene rings is 1. The summed E-state index contributed by atoms with van der Waals surface area (Å²) in [5.41, 5.74) is 2.42. The summed E-state index contributed by atoms with van der Waals surface area (Å²) in [6, 6.07) is 5.54. The van der Waals surface area contributed by atoms with Crippen LogP contribution in [0.15, 0.2) is 23.1 Å². The molecule has 8 heteroatoms. The van der Waals surface area contributed by atoms with Gasteiger partial charge in [0.1, 0.15) is 0 Å². The molecule has 1 aromatic rings. The minimum atomic E-state index is -3.53. The van der Waals surface area contributed by atoms with E-state index in [4.69, 9.17) is 0 Å². The van der Waals surface area contributed by atoms with Gasteiger partial charge in [-0.1, -0.05) is 6.07 Å². The van der Waals surface area contributed by atoms with E-state index in [1.807, 2.05) is 17.0 Å². The van der Waals surface area contributed by atoms with Crippen molar-refractivity contribution in [2.24, 2.45) is 17.8 Å². The minimum Gasteiger partial charge on any atom is -0.356 e. The van der Waals surface area contributed by atoms with Crippen molar-refractivity contribution in [2.45, 2.75) is 62.7 Å². The SMILES string of the molecule is O=C(NCC1CC1)[C@H]1CCCN(C(=O)C2CCN(S(=O)(=O)c3ccc4c(c3)CCC4)CC2)C1. The van der Waals surface area contributed by atoms with Crippen molar-refractivity contribution < 1.29 is 18.0 Å². The van der Waals surface area contributed by atoms with Gasteiger partial charge in [-0.3, -0.25) is 9.59 Å². The fourth-order valence-corrected chi connectivity index (χ4v) is 7.08. The Morgan fingerprint density at radius 1 is 0.909 bits per heavy atom. The molecule has 1 N–H and O–H groups in total. The van der Waals surface area contributed by atoms with Crippen LogP contribution >= 0.6 is 0 Å². The molecule has 0 bridgehead atoms. The van der Waals surface area contributed by atoms with Crippen molar-refractivity contribution in [3.63, 3.8) is 0 Å². The molecule has 0 radical (unpaired) electrons. The van der Waals surface area contributed by atoms with Gasteiger partial charge in [0, 0.05) is 38.6 Å². The summed E-state index contributed by atoms with van der Waals surface area (Å²) in [4.78, 5) is 27.9. The van der Waals surface area contributed by atoms with Gasteiger partial charge in [-0.15, -0.1) is 0 Å². The Morgan fingerprint density at radius 2 is 1.67 bits per heavy atom. The normalized spacial score (nSPS) is 24.5. The average Bonchev–Trinajstić information content (AvgIpc) is 3.56. The van der Waals surface area contributed by atoms with E-state index in [0.717, 1.165) is 44.2 Å². The van der Waals surface area contributed by atoms with Gasteiger partial charge >= 0.3 is 0 Å². The van der Waals surface area contributed by atoms with Gasteiger partial charge < -0.3 is 10.2 Å². The van der Waals surface area contributed by atoms with Crippen molar-refractivity contribution in [3.8, 4) is 0 Å². The molecule has 180 valence electrons. The standard InChI is InChI=1S/C25H35N3O4S/c29-24(26-16-18-6-7-18)22-5-2-12-27(17-22)25(30)20-10-13-28(14-11-20)33(31,32)23-9-8-19-3-1-4-21(19)15-23/h8-9,15,18,20,22H,1-7,10-14,16-17H2,(H,26,29)/t22-/m0/s1. The summed E-state index contributed by atoms with van der Waals surface area (Å²) in [5, 5.41) is 3.06. The second-order valence-electron chi connectivity index (χ2n) is 10.3. The van der Waals surface area contributed by atoms with E-state index >= 15 is 0 Å². The molecular weight excluding hydrogens is 438 g/mol. The molecule has 0 spiro atoms. The second-order valence-corrected chi connectivity index (χ2v) is 12.2. The Bertz CT molecular complexity index is 1010. The summed E-state index contributed by atoms with van der Waals surface area (Å²) in [6.45, 7) is 2.69. The molecule has 3 fully saturated rings.